The van der Waals surface area contributed by atoms with Gasteiger partial charge in [0.15, 0.2) is 5.60 Å². The molecule has 2 heterocycles. The number of rotatable bonds is 5. The lowest BCUT2D eigenvalue weighted by Gasteiger charge is -2.37. The van der Waals surface area contributed by atoms with Crippen molar-refractivity contribution in [3.8, 4) is 11.5 Å². The number of hydrogen-bond acceptors (Lipinski definition) is 4. The highest BCUT2D eigenvalue weighted by atomic mass is 35.5. The van der Waals surface area contributed by atoms with E-state index >= 15 is 0 Å². The van der Waals surface area contributed by atoms with E-state index in [0.29, 0.717) is 23.9 Å². The Hall–Kier alpha value is -2.27. The maximum absolute atomic E-state index is 12.9. The largest absolute Gasteiger partial charge is 0.489 e. The zero-order chi connectivity index (χ0) is 18.6. The second-order valence-corrected chi connectivity index (χ2v) is 7.30. The molecule has 0 saturated carbocycles. The van der Waals surface area contributed by atoms with Gasteiger partial charge in [0.25, 0.3) is 5.91 Å². The molecule has 1 aromatic carbocycles. The number of nitrogens with zero attached hydrogens (tertiary/aromatic N) is 2. The zero-order valence-corrected chi connectivity index (χ0v) is 15.8. The highest BCUT2D eigenvalue weighted by Crippen LogP contribution is 2.25. The first-order valence-corrected chi connectivity index (χ1v) is 9.12. The Morgan fingerprint density at radius 2 is 1.85 bits per heavy atom. The van der Waals surface area contributed by atoms with E-state index in [4.69, 9.17) is 21.1 Å². The van der Waals surface area contributed by atoms with E-state index in [2.05, 4.69) is 4.98 Å². The first-order chi connectivity index (χ1) is 12.4. The van der Waals surface area contributed by atoms with Gasteiger partial charge in [-0.25, -0.2) is 0 Å². The summed E-state index contributed by atoms with van der Waals surface area (Å²) in [6.45, 7) is 4.89. The van der Waals surface area contributed by atoms with Crippen molar-refractivity contribution < 1.29 is 14.3 Å². The predicted octanol–water partition coefficient (Wildman–Crippen LogP) is 3.96. The maximum atomic E-state index is 12.9. The lowest BCUT2D eigenvalue weighted by molar-refractivity contribution is -0.147. The monoisotopic (exact) mass is 374 g/mol. The van der Waals surface area contributed by atoms with Crippen LogP contribution < -0.4 is 9.47 Å². The number of piperidine rings is 1. The van der Waals surface area contributed by atoms with Crippen molar-refractivity contribution in [3.05, 3.63) is 53.8 Å². The zero-order valence-electron chi connectivity index (χ0n) is 15.0. The molecule has 1 aliphatic rings. The van der Waals surface area contributed by atoms with Crippen molar-refractivity contribution in [2.45, 2.75) is 38.4 Å². The topological polar surface area (TPSA) is 51.7 Å². The van der Waals surface area contributed by atoms with Gasteiger partial charge in [-0.15, -0.1) is 0 Å². The molecule has 1 fully saturated rings. The lowest BCUT2D eigenvalue weighted by Crippen LogP contribution is -2.52. The fourth-order valence-electron chi connectivity index (χ4n) is 3.01. The Labute approximate surface area is 158 Å². The minimum atomic E-state index is -0.940. The summed E-state index contributed by atoms with van der Waals surface area (Å²) in [5, 5.41) is 0.636. The molecule has 0 unspecified atom stereocenters. The Morgan fingerprint density at radius 1 is 1.15 bits per heavy atom. The molecule has 5 nitrogen and oxygen atoms in total. The Bertz CT molecular complexity index is 726. The van der Waals surface area contributed by atoms with Crippen LogP contribution in [0.1, 0.15) is 26.7 Å². The molecule has 0 bridgehead atoms. The normalized spacial score (nSPS) is 15.6. The van der Waals surface area contributed by atoms with Crippen LogP contribution in [0.3, 0.4) is 0 Å². The van der Waals surface area contributed by atoms with Crippen molar-refractivity contribution in [3.63, 3.8) is 0 Å². The molecule has 1 saturated heterocycles. The van der Waals surface area contributed by atoms with Crippen molar-refractivity contribution in [1.82, 2.24) is 9.88 Å². The standard InChI is InChI=1S/C20H23ClN2O3/c1-20(2,26-17-7-5-15(21)6-8-17)19(24)23-12-9-16(10-13-23)25-18-4-3-11-22-14-18/h3-8,11,14,16H,9-10,12-13H2,1-2H3. The molecule has 0 spiro atoms. The van der Waals surface area contributed by atoms with Gasteiger partial charge in [-0.2, -0.15) is 0 Å². The van der Waals surface area contributed by atoms with Crippen LogP contribution in [0.25, 0.3) is 0 Å². The van der Waals surface area contributed by atoms with Crippen LogP contribution >= 0.6 is 11.6 Å². The smallest absolute Gasteiger partial charge is 0.266 e. The average molecular weight is 375 g/mol. The van der Waals surface area contributed by atoms with E-state index in [-0.39, 0.29) is 12.0 Å². The Kier molecular flexibility index (Phi) is 5.67. The molecule has 0 aliphatic carbocycles. The minimum absolute atomic E-state index is 0.0210. The average Bonchev–Trinajstić information content (AvgIpc) is 2.64. The van der Waals surface area contributed by atoms with Gasteiger partial charge in [0, 0.05) is 37.2 Å². The molecule has 1 aromatic heterocycles. The van der Waals surface area contributed by atoms with Gasteiger partial charge < -0.3 is 14.4 Å². The molecule has 26 heavy (non-hydrogen) atoms. The first-order valence-electron chi connectivity index (χ1n) is 8.75. The quantitative estimate of drug-likeness (QED) is 0.794. The van der Waals surface area contributed by atoms with Crippen LogP contribution in [0.4, 0.5) is 0 Å². The van der Waals surface area contributed by atoms with Crippen LogP contribution in [-0.2, 0) is 4.79 Å². The van der Waals surface area contributed by atoms with Crippen LogP contribution in [0.15, 0.2) is 48.8 Å². The number of pyridine rings is 1. The molecule has 1 amide bonds. The van der Waals surface area contributed by atoms with Gasteiger partial charge >= 0.3 is 0 Å². The number of halogens is 1. The fraction of sp³-hybridized carbons (Fsp3) is 0.400. The van der Waals surface area contributed by atoms with E-state index in [9.17, 15) is 4.79 Å². The first kappa shape index (κ1) is 18.5. The van der Waals surface area contributed by atoms with Crippen molar-refractivity contribution in [1.29, 1.82) is 0 Å². The van der Waals surface area contributed by atoms with Gasteiger partial charge in [-0.3, -0.25) is 9.78 Å². The molecule has 3 rings (SSSR count). The summed E-state index contributed by atoms with van der Waals surface area (Å²) in [6, 6.07) is 10.8. The van der Waals surface area contributed by atoms with E-state index < -0.39 is 5.60 Å². The van der Waals surface area contributed by atoms with Crippen LogP contribution in [-0.4, -0.2) is 40.6 Å². The van der Waals surface area contributed by atoms with Crippen LogP contribution in [0, 0.1) is 0 Å². The van der Waals surface area contributed by atoms with E-state index in [1.54, 1.807) is 50.5 Å². The lowest BCUT2D eigenvalue weighted by atomic mass is 10.0. The summed E-state index contributed by atoms with van der Waals surface area (Å²) < 4.78 is 11.8. The molecule has 0 radical (unpaired) electrons. The molecule has 2 aromatic rings. The Balaban J connectivity index is 1.54. The van der Waals surface area contributed by atoms with Gasteiger partial charge in [0.2, 0.25) is 0 Å². The summed E-state index contributed by atoms with van der Waals surface area (Å²) in [4.78, 5) is 18.8. The number of aromatic nitrogens is 1. The van der Waals surface area contributed by atoms with Gasteiger partial charge in [-0.1, -0.05) is 11.6 Å². The predicted molar refractivity (Wildman–Crippen MR) is 101 cm³/mol. The highest BCUT2D eigenvalue weighted by Gasteiger charge is 2.36. The minimum Gasteiger partial charge on any atom is -0.489 e. The molecular weight excluding hydrogens is 352 g/mol. The van der Waals surface area contributed by atoms with Crippen LogP contribution in [0.5, 0.6) is 11.5 Å². The number of ether oxygens (including phenoxy) is 2. The highest BCUT2D eigenvalue weighted by molar-refractivity contribution is 6.30. The molecule has 0 N–H and O–H groups in total. The second-order valence-electron chi connectivity index (χ2n) is 6.86. The summed E-state index contributed by atoms with van der Waals surface area (Å²) in [7, 11) is 0. The number of benzene rings is 1. The third kappa shape index (κ3) is 4.67. The fourth-order valence-corrected chi connectivity index (χ4v) is 3.13. The summed E-state index contributed by atoms with van der Waals surface area (Å²) >= 11 is 5.89. The number of carbonyl (C=O) groups excluding carboxylic acids is 1. The Morgan fingerprint density at radius 3 is 2.46 bits per heavy atom. The van der Waals surface area contributed by atoms with Gasteiger partial charge in [0.1, 0.15) is 17.6 Å². The SMILES string of the molecule is CC(C)(Oc1ccc(Cl)cc1)C(=O)N1CCC(Oc2cccnc2)CC1. The van der Waals surface area contributed by atoms with E-state index in [1.165, 1.54) is 0 Å². The number of amides is 1. The summed E-state index contributed by atoms with van der Waals surface area (Å²) in [6.07, 6.45) is 5.11. The number of carbonyl (C=O) groups is 1. The van der Waals surface area contributed by atoms with Crippen molar-refractivity contribution in [2.75, 3.05) is 13.1 Å². The number of likely N-dealkylation sites (tertiary alicyclic amines) is 1. The summed E-state index contributed by atoms with van der Waals surface area (Å²) in [5.41, 5.74) is -0.940. The van der Waals surface area contributed by atoms with Crippen molar-refractivity contribution in [2.24, 2.45) is 0 Å². The van der Waals surface area contributed by atoms with Crippen molar-refractivity contribution >= 4 is 17.5 Å². The number of hydrogen-bond donors (Lipinski definition) is 0. The third-order valence-corrected chi connectivity index (χ3v) is 4.62. The second kappa shape index (κ2) is 7.96. The van der Waals surface area contributed by atoms with Crippen LogP contribution in [0.2, 0.25) is 5.02 Å². The summed E-state index contributed by atoms with van der Waals surface area (Å²) in [5.74, 6) is 1.37. The molecule has 6 heteroatoms. The van der Waals surface area contributed by atoms with E-state index in [1.807, 2.05) is 17.0 Å². The van der Waals surface area contributed by atoms with Gasteiger partial charge in [-0.05, 0) is 50.2 Å². The molecule has 138 valence electrons. The molecule has 0 atom stereocenters. The third-order valence-electron chi connectivity index (χ3n) is 4.37. The van der Waals surface area contributed by atoms with E-state index in [0.717, 1.165) is 18.6 Å². The van der Waals surface area contributed by atoms with Gasteiger partial charge in [0.05, 0.1) is 6.20 Å². The molecular formula is C20H23ClN2O3. The molecule has 1 aliphatic heterocycles. The maximum Gasteiger partial charge on any atom is 0.266 e.